The molecule has 0 saturated heterocycles. The maximum atomic E-state index is 13.2. The topological polar surface area (TPSA) is 38.8 Å². The Morgan fingerprint density at radius 2 is 1.62 bits per heavy atom. The van der Waals surface area contributed by atoms with Gasteiger partial charge in [-0.2, -0.15) is 0 Å². The number of para-hydroxylation sites is 2. The Hall–Kier alpha value is -3.53. The quantitative estimate of drug-likeness (QED) is 0.638. The molecule has 2 aliphatic rings. The largest absolute Gasteiger partial charge is 0.454 e. The summed E-state index contributed by atoms with van der Waals surface area (Å²) < 4.78 is 10.8. The van der Waals surface area contributed by atoms with Crippen LogP contribution in [0.5, 0.6) is 11.5 Å². The molecule has 3 aromatic carbocycles. The number of carbonyl (C=O) groups excluding carboxylic acids is 1. The normalized spacial score (nSPS) is 16.2. The van der Waals surface area contributed by atoms with Crippen LogP contribution in [-0.4, -0.2) is 12.7 Å². The summed E-state index contributed by atoms with van der Waals surface area (Å²) in [4.78, 5) is 15.0. The summed E-state index contributed by atoms with van der Waals surface area (Å²) >= 11 is 0. The Balaban J connectivity index is 1.63. The van der Waals surface area contributed by atoms with Crippen molar-refractivity contribution in [2.75, 3.05) is 11.7 Å². The van der Waals surface area contributed by atoms with E-state index in [4.69, 9.17) is 9.47 Å². The van der Waals surface area contributed by atoms with Gasteiger partial charge in [-0.1, -0.05) is 42.5 Å². The Kier molecular flexibility index (Phi) is 3.28. The van der Waals surface area contributed by atoms with Crippen LogP contribution < -0.4 is 14.4 Å². The summed E-state index contributed by atoms with van der Waals surface area (Å²) in [5, 5.41) is 0. The molecule has 26 heavy (non-hydrogen) atoms. The second-order valence-electron chi connectivity index (χ2n) is 6.16. The lowest BCUT2D eigenvalue weighted by Crippen LogP contribution is -2.20. The first-order valence-electron chi connectivity index (χ1n) is 8.41. The number of nitrogens with zero attached hydrogens (tertiary/aromatic N) is 1. The highest BCUT2D eigenvalue weighted by Crippen LogP contribution is 2.42. The SMILES string of the molecule is O=C1/C(=C/c2ccc3c(c2)OCO3)c2ccccc2N1c1ccccc1. The molecule has 2 heterocycles. The standard InChI is InChI=1S/C22H15NO3/c24-22-18(12-15-10-11-20-21(13-15)26-14-25-20)17-8-4-5-9-19(17)23(22)16-6-2-1-3-7-16/h1-13H,14H2/b18-12+. The molecule has 2 aliphatic heterocycles. The van der Waals surface area contributed by atoms with E-state index < -0.39 is 0 Å². The van der Waals surface area contributed by atoms with E-state index in [0.717, 1.165) is 28.3 Å². The average Bonchev–Trinajstić information content (AvgIpc) is 3.25. The third kappa shape index (κ3) is 2.27. The maximum Gasteiger partial charge on any atom is 0.263 e. The monoisotopic (exact) mass is 341 g/mol. The zero-order valence-electron chi connectivity index (χ0n) is 13.9. The summed E-state index contributed by atoms with van der Waals surface area (Å²) in [6, 6.07) is 23.3. The molecule has 126 valence electrons. The van der Waals surface area contributed by atoms with Gasteiger partial charge in [0.05, 0.1) is 11.3 Å². The number of hydrogen-bond acceptors (Lipinski definition) is 3. The highest BCUT2D eigenvalue weighted by Gasteiger charge is 2.33. The average molecular weight is 341 g/mol. The predicted octanol–water partition coefficient (Wildman–Crippen LogP) is 4.63. The van der Waals surface area contributed by atoms with Gasteiger partial charge in [0.2, 0.25) is 6.79 Å². The van der Waals surface area contributed by atoms with Gasteiger partial charge in [-0.3, -0.25) is 9.69 Å². The number of carbonyl (C=O) groups is 1. The Morgan fingerprint density at radius 3 is 2.50 bits per heavy atom. The Bertz CT molecular complexity index is 1040. The molecule has 0 unspecified atom stereocenters. The molecule has 3 aromatic rings. The van der Waals surface area contributed by atoms with Crippen molar-refractivity contribution in [1.29, 1.82) is 0 Å². The fourth-order valence-corrected chi connectivity index (χ4v) is 3.38. The third-order valence-electron chi connectivity index (χ3n) is 4.59. The fourth-order valence-electron chi connectivity index (χ4n) is 3.38. The lowest BCUT2D eigenvalue weighted by Gasteiger charge is -2.16. The minimum absolute atomic E-state index is 0.0323. The molecule has 5 rings (SSSR count). The molecule has 4 nitrogen and oxygen atoms in total. The highest BCUT2D eigenvalue weighted by molar-refractivity contribution is 6.37. The second kappa shape index (κ2) is 5.77. The smallest absolute Gasteiger partial charge is 0.263 e. The van der Waals surface area contributed by atoms with E-state index in [0.29, 0.717) is 11.3 Å². The van der Waals surface area contributed by atoms with Crippen LogP contribution in [0.15, 0.2) is 72.8 Å². The molecule has 0 bridgehead atoms. The van der Waals surface area contributed by atoms with Crippen LogP contribution in [0.4, 0.5) is 11.4 Å². The van der Waals surface area contributed by atoms with E-state index in [9.17, 15) is 4.79 Å². The number of rotatable bonds is 2. The van der Waals surface area contributed by atoms with Crippen molar-refractivity contribution in [3.63, 3.8) is 0 Å². The summed E-state index contributed by atoms with van der Waals surface area (Å²) in [5.41, 5.74) is 4.26. The zero-order chi connectivity index (χ0) is 17.5. The van der Waals surface area contributed by atoms with Crippen molar-refractivity contribution >= 4 is 28.9 Å². The van der Waals surface area contributed by atoms with Gasteiger partial charge in [-0.15, -0.1) is 0 Å². The summed E-state index contributed by atoms with van der Waals surface area (Å²) in [7, 11) is 0. The molecule has 0 fully saturated rings. The van der Waals surface area contributed by atoms with E-state index in [1.165, 1.54) is 0 Å². The van der Waals surface area contributed by atoms with Gasteiger partial charge in [-0.25, -0.2) is 0 Å². The lowest BCUT2D eigenvalue weighted by molar-refractivity contribution is -0.112. The van der Waals surface area contributed by atoms with Gasteiger partial charge >= 0.3 is 0 Å². The lowest BCUT2D eigenvalue weighted by atomic mass is 10.0. The molecule has 4 heteroatoms. The molecular formula is C22H15NO3. The number of hydrogen-bond donors (Lipinski definition) is 0. The van der Waals surface area contributed by atoms with Crippen LogP contribution in [0.2, 0.25) is 0 Å². The zero-order valence-corrected chi connectivity index (χ0v) is 13.9. The van der Waals surface area contributed by atoms with Crippen LogP contribution in [-0.2, 0) is 4.79 Å². The van der Waals surface area contributed by atoms with Crippen LogP contribution >= 0.6 is 0 Å². The van der Waals surface area contributed by atoms with E-state index in [-0.39, 0.29) is 12.7 Å². The molecule has 0 N–H and O–H groups in total. The van der Waals surface area contributed by atoms with Crippen LogP contribution in [0.25, 0.3) is 11.6 Å². The Morgan fingerprint density at radius 1 is 0.846 bits per heavy atom. The Labute approximate surface area is 150 Å². The number of anilines is 2. The molecule has 0 atom stereocenters. The van der Waals surface area contributed by atoms with Crippen LogP contribution in [0.3, 0.4) is 0 Å². The van der Waals surface area contributed by atoms with Gasteiger partial charge in [0.15, 0.2) is 11.5 Å². The van der Waals surface area contributed by atoms with E-state index >= 15 is 0 Å². The van der Waals surface area contributed by atoms with Gasteiger partial charge in [-0.05, 0) is 42.0 Å². The summed E-state index contributed by atoms with van der Waals surface area (Å²) in [6.45, 7) is 0.235. The molecule has 0 saturated carbocycles. The van der Waals surface area contributed by atoms with Crippen LogP contribution in [0.1, 0.15) is 11.1 Å². The summed E-state index contributed by atoms with van der Waals surface area (Å²) in [5.74, 6) is 1.41. The first kappa shape index (κ1) is 14.8. The summed E-state index contributed by atoms with van der Waals surface area (Å²) in [6.07, 6.45) is 1.91. The van der Waals surface area contributed by atoms with Gasteiger partial charge in [0.1, 0.15) is 0 Å². The highest BCUT2D eigenvalue weighted by atomic mass is 16.7. The van der Waals surface area contributed by atoms with Crippen molar-refractivity contribution in [1.82, 2.24) is 0 Å². The van der Waals surface area contributed by atoms with Gasteiger partial charge in [0, 0.05) is 11.3 Å². The van der Waals surface area contributed by atoms with E-state index in [1.807, 2.05) is 78.9 Å². The predicted molar refractivity (Wildman–Crippen MR) is 100 cm³/mol. The first-order chi connectivity index (χ1) is 12.8. The van der Waals surface area contributed by atoms with Crippen molar-refractivity contribution < 1.29 is 14.3 Å². The maximum absolute atomic E-state index is 13.2. The third-order valence-corrected chi connectivity index (χ3v) is 4.59. The number of fused-ring (bicyclic) bond motifs is 2. The fraction of sp³-hybridized carbons (Fsp3) is 0.0455. The van der Waals surface area contributed by atoms with Gasteiger partial charge in [0.25, 0.3) is 5.91 Å². The van der Waals surface area contributed by atoms with E-state index in [1.54, 1.807) is 4.90 Å². The molecule has 0 radical (unpaired) electrons. The van der Waals surface area contributed by atoms with Crippen LogP contribution in [0, 0.1) is 0 Å². The minimum atomic E-state index is -0.0323. The second-order valence-corrected chi connectivity index (χ2v) is 6.16. The molecule has 0 aromatic heterocycles. The molecule has 0 spiro atoms. The van der Waals surface area contributed by atoms with E-state index in [2.05, 4.69) is 0 Å². The molecule has 1 amide bonds. The minimum Gasteiger partial charge on any atom is -0.454 e. The van der Waals surface area contributed by atoms with Crippen molar-refractivity contribution in [3.8, 4) is 11.5 Å². The molecular weight excluding hydrogens is 326 g/mol. The first-order valence-corrected chi connectivity index (χ1v) is 8.41. The van der Waals surface area contributed by atoms with Crippen molar-refractivity contribution in [2.45, 2.75) is 0 Å². The number of benzene rings is 3. The van der Waals surface area contributed by atoms with Crippen molar-refractivity contribution in [3.05, 3.63) is 83.9 Å². The van der Waals surface area contributed by atoms with Crippen molar-refractivity contribution in [2.24, 2.45) is 0 Å². The molecule has 0 aliphatic carbocycles. The van der Waals surface area contributed by atoms with Gasteiger partial charge < -0.3 is 9.47 Å². The number of amides is 1. The number of ether oxygens (including phenoxy) is 2.